The number of ketones is 1. The SMILES string of the molecule is O=C1CCCc2c1c(OS(=O)(=O)C(F)(F)F)c1ccccc1c2OS(=O)(=O)C(F)(F)F. The zero-order valence-electron chi connectivity index (χ0n) is 14.9. The molecular formula is C16H10F6O7S2. The fraction of sp³-hybridized carbons (Fsp3) is 0.312. The first-order chi connectivity index (χ1) is 14.1. The normalized spacial score (nSPS) is 15.6. The zero-order valence-corrected chi connectivity index (χ0v) is 16.5. The third-order valence-corrected chi connectivity index (χ3v) is 6.19. The fourth-order valence-electron chi connectivity index (χ4n) is 3.01. The number of carbonyl (C=O) groups is 1. The third-order valence-electron chi connectivity index (χ3n) is 4.28. The molecular weight excluding hydrogens is 482 g/mol. The molecule has 0 N–H and O–H groups in total. The number of benzene rings is 2. The third kappa shape index (κ3) is 4.03. The van der Waals surface area contributed by atoms with Crippen molar-refractivity contribution >= 4 is 36.8 Å². The Labute approximate surface area is 170 Å². The molecule has 31 heavy (non-hydrogen) atoms. The highest BCUT2D eigenvalue weighted by Crippen LogP contribution is 2.46. The Morgan fingerprint density at radius 2 is 1.19 bits per heavy atom. The Hall–Kier alpha value is -2.55. The Bertz CT molecular complexity index is 1280. The van der Waals surface area contributed by atoms with Gasteiger partial charge in [-0.1, -0.05) is 24.3 Å². The van der Waals surface area contributed by atoms with Crippen LogP contribution in [0.1, 0.15) is 28.8 Å². The molecule has 1 aliphatic carbocycles. The van der Waals surface area contributed by atoms with E-state index in [9.17, 15) is 48.0 Å². The maximum Gasteiger partial charge on any atom is 0.534 e. The average Bonchev–Trinajstić information content (AvgIpc) is 2.62. The van der Waals surface area contributed by atoms with Crippen LogP contribution in [0.25, 0.3) is 10.8 Å². The Balaban J connectivity index is 2.39. The minimum atomic E-state index is -6.26. The Morgan fingerprint density at radius 3 is 1.68 bits per heavy atom. The Kier molecular flexibility index (Phi) is 5.41. The van der Waals surface area contributed by atoms with Crippen molar-refractivity contribution in [1.82, 2.24) is 0 Å². The summed E-state index contributed by atoms with van der Waals surface area (Å²) >= 11 is 0. The molecule has 0 fully saturated rings. The lowest BCUT2D eigenvalue weighted by molar-refractivity contribution is -0.0505. The van der Waals surface area contributed by atoms with Crippen LogP contribution in [-0.4, -0.2) is 33.6 Å². The lowest BCUT2D eigenvalue weighted by Crippen LogP contribution is -2.30. The first-order valence-corrected chi connectivity index (χ1v) is 11.0. The Morgan fingerprint density at radius 1 is 0.742 bits per heavy atom. The predicted molar refractivity (Wildman–Crippen MR) is 92.4 cm³/mol. The quantitative estimate of drug-likeness (QED) is 0.363. The van der Waals surface area contributed by atoms with Crippen LogP contribution in [0.4, 0.5) is 26.3 Å². The highest BCUT2D eigenvalue weighted by molar-refractivity contribution is 7.88. The van der Waals surface area contributed by atoms with Crippen molar-refractivity contribution in [2.24, 2.45) is 0 Å². The number of halogens is 6. The largest absolute Gasteiger partial charge is 0.534 e. The molecule has 0 spiro atoms. The second kappa shape index (κ2) is 7.25. The molecule has 2 aromatic carbocycles. The van der Waals surface area contributed by atoms with E-state index in [2.05, 4.69) is 8.37 Å². The second-order valence-corrected chi connectivity index (χ2v) is 9.38. The van der Waals surface area contributed by atoms with E-state index >= 15 is 0 Å². The van der Waals surface area contributed by atoms with Crippen LogP contribution in [-0.2, 0) is 26.7 Å². The fourth-order valence-corrected chi connectivity index (χ4v) is 4.00. The summed E-state index contributed by atoms with van der Waals surface area (Å²) < 4.78 is 132. The van der Waals surface area contributed by atoms with Crippen molar-refractivity contribution < 1.29 is 56.3 Å². The van der Waals surface area contributed by atoms with Gasteiger partial charge in [0.15, 0.2) is 17.3 Å². The van der Waals surface area contributed by atoms with Crippen molar-refractivity contribution in [2.45, 2.75) is 30.3 Å². The summed E-state index contributed by atoms with van der Waals surface area (Å²) in [4.78, 5) is 12.4. The predicted octanol–water partition coefficient (Wildman–Crippen LogP) is 3.82. The van der Waals surface area contributed by atoms with Crippen LogP contribution in [0.3, 0.4) is 0 Å². The van der Waals surface area contributed by atoms with Gasteiger partial charge in [0.1, 0.15) is 0 Å². The van der Waals surface area contributed by atoms with Gasteiger partial charge in [0, 0.05) is 22.8 Å². The average molecular weight is 492 g/mol. The summed E-state index contributed by atoms with van der Waals surface area (Å²) in [6.07, 6.45) is -0.575. The molecule has 0 atom stereocenters. The standard InChI is InChI=1S/C16H10F6O7S2/c17-15(18,19)30(24,25)28-13-8-4-1-2-5-9(8)14(29-31(26,27)16(20,21)22)12-10(13)6-3-7-11(12)23/h1-2,4-5H,3,6-7H2. The van der Waals surface area contributed by atoms with Gasteiger partial charge in [-0.2, -0.15) is 43.2 Å². The van der Waals surface area contributed by atoms with Crippen LogP contribution >= 0.6 is 0 Å². The van der Waals surface area contributed by atoms with Gasteiger partial charge in [-0.3, -0.25) is 4.79 Å². The molecule has 0 amide bonds. The molecule has 0 heterocycles. The summed E-state index contributed by atoms with van der Waals surface area (Å²) in [5.41, 5.74) is -13.0. The van der Waals surface area contributed by atoms with E-state index in [1.165, 1.54) is 6.07 Å². The minimum absolute atomic E-state index is 0.00192. The molecule has 170 valence electrons. The van der Waals surface area contributed by atoms with Crippen molar-refractivity contribution in [2.75, 3.05) is 0 Å². The van der Waals surface area contributed by atoms with Gasteiger partial charge in [0.05, 0.1) is 5.56 Å². The molecule has 1 aliphatic rings. The van der Waals surface area contributed by atoms with Crippen LogP contribution in [0.5, 0.6) is 11.5 Å². The van der Waals surface area contributed by atoms with E-state index in [0.29, 0.717) is 0 Å². The maximum atomic E-state index is 12.9. The van der Waals surface area contributed by atoms with Gasteiger partial charge in [-0.15, -0.1) is 0 Å². The zero-order chi connectivity index (χ0) is 23.4. The van der Waals surface area contributed by atoms with E-state index in [-0.39, 0.29) is 19.3 Å². The lowest BCUT2D eigenvalue weighted by atomic mass is 9.86. The van der Waals surface area contributed by atoms with Gasteiger partial charge in [0.25, 0.3) is 0 Å². The van der Waals surface area contributed by atoms with Gasteiger partial charge in [-0.05, 0) is 12.8 Å². The van der Waals surface area contributed by atoms with Crippen molar-refractivity contribution in [3.63, 3.8) is 0 Å². The van der Waals surface area contributed by atoms with Crippen molar-refractivity contribution in [1.29, 1.82) is 0 Å². The van der Waals surface area contributed by atoms with E-state index < -0.39 is 70.4 Å². The van der Waals surface area contributed by atoms with Crippen LogP contribution in [0, 0.1) is 0 Å². The number of rotatable bonds is 4. The van der Waals surface area contributed by atoms with Gasteiger partial charge >= 0.3 is 31.3 Å². The van der Waals surface area contributed by atoms with Crippen LogP contribution in [0.2, 0.25) is 0 Å². The highest BCUT2D eigenvalue weighted by Gasteiger charge is 2.51. The monoisotopic (exact) mass is 492 g/mol. The molecule has 0 radical (unpaired) electrons. The summed E-state index contributed by atoms with van der Waals surface area (Å²) in [6.45, 7) is 0. The van der Waals surface area contributed by atoms with Crippen LogP contribution < -0.4 is 8.37 Å². The molecule has 0 saturated carbocycles. The van der Waals surface area contributed by atoms with E-state index in [4.69, 9.17) is 0 Å². The number of Topliss-reactive ketones (excluding diaryl/α,β-unsaturated/α-hetero) is 1. The maximum absolute atomic E-state index is 12.9. The molecule has 0 aromatic heterocycles. The smallest absolute Gasteiger partial charge is 0.375 e. The van der Waals surface area contributed by atoms with Gasteiger partial charge in [0.2, 0.25) is 0 Å². The molecule has 0 saturated heterocycles. The van der Waals surface area contributed by atoms with E-state index in [0.717, 1.165) is 18.2 Å². The lowest BCUT2D eigenvalue weighted by Gasteiger charge is -2.24. The number of hydrogen-bond donors (Lipinski definition) is 0. The number of fused-ring (bicyclic) bond motifs is 2. The van der Waals surface area contributed by atoms with Crippen molar-refractivity contribution in [3.05, 3.63) is 35.4 Å². The van der Waals surface area contributed by atoms with E-state index in [1.807, 2.05) is 0 Å². The summed E-state index contributed by atoms with van der Waals surface area (Å²) in [7, 11) is -12.5. The molecule has 15 heteroatoms. The number of alkyl halides is 6. The molecule has 0 unspecified atom stereocenters. The number of hydrogen-bond acceptors (Lipinski definition) is 7. The van der Waals surface area contributed by atoms with Crippen molar-refractivity contribution in [3.8, 4) is 11.5 Å². The first-order valence-electron chi connectivity index (χ1n) is 8.19. The molecule has 0 bridgehead atoms. The molecule has 7 nitrogen and oxygen atoms in total. The van der Waals surface area contributed by atoms with Gasteiger partial charge in [-0.25, -0.2) is 0 Å². The highest BCUT2D eigenvalue weighted by atomic mass is 32.2. The summed E-state index contributed by atoms with van der Waals surface area (Å²) in [5, 5.41) is -1.05. The summed E-state index contributed by atoms with van der Waals surface area (Å²) in [5.74, 6) is -2.95. The van der Waals surface area contributed by atoms with Crippen LogP contribution in [0.15, 0.2) is 24.3 Å². The first kappa shape index (κ1) is 23.1. The second-order valence-electron chi connectivity index (χ2n) is 6.30. The topological polar surface area (TPSA) is 104 Å². The summed E-state index contributed by atoms with van der Waals surface area (Å²) in [6, 6.07) is 4.29. The van der Waals surface area contributed by atoms with E-state index in [1.54, 1.807) is 0 Å². The molecule has 3 rings (SSSR count). The molecule has 2 aromatic rings. The minimum Gasteiger partial charge on any atom is -0.375 e. The van der Waals surface area contributed by atoms with Gasteiger partial charge < -0.3 is 8.37 Å². The number of carbonyl (C=O) groups excluding carboxylic acids is 1. The molecule has 0 aliphatic heterocycles.